The second-order valence-corrected chi connectivity index (χ2v) is 4.14. The highest BCUT2D eigenvalue weighted by Gasteiger charge is 2.10. The highest BCUT2D eigenvalue weighted by molar-refractivity contribution is 7.11. The van der Waals surface area contributed by atoms with Crippen molar-refractivity contribution in [1.82, 2.24) is 4.98 Å². The Hall–Kier alpha value is -1.88. The van der Waals surface area contributed by atoms with Crippen LogP contribution in [0.2, 0.25) is 0 Å². The number of hydrogen-bond acceptors (Lipinski definition) is 5. The first-order chi connectivity index (χ1) is 8.28. The number of hydrogen-bond donors (Lipinski definition) is 0. The fraction of sp³-hybridized carbons (Fsp3) is 0.167. The highest BCUT2D eigenvalue weighted by atomic mass is 32.1. The molecular weight excluding hydrogens is 238 g/mol. The van der Waals surface area contributed by atoms with E-state index in [1.165, 1.54) is 11.3 Å². The van der Waals surface area contributed by atoms with Crippen LogP contribution in [0.15, 0.2) is 23.6 Å². The molecular formula is C12H11NO3S. The fourth-order valence-corrected chi connectivity index (χ4v) is 2.09. The molecule has 0 fully saturated rings. The molecule has 2 aromatic rings. The number of carbonyl (C=O) groups is 1. The SMILES string of the molecule is COc1ccc(-c2csc(C=O)n2)c(OC)c1. The molecule has 5 heteroatoms. The lowest BCUT2D eigenvalue weighted by atomic mass is 10.1. The molecule has 0 aliphatic heterocycles. The maximum atomic E-state index is 10.6. The molecule has 0 spiro atoms. The van der Waals surface area contributed by atoms with Gasteiger partial charge >= 0.3 is 0 Å². The molecule has 0 atom stereocenters. The number of thiazole rings is 1. The maximum absolute atomic E-state index is 10.6. The van der Waals surface area contributed by atoms with Gasteiger partial charge in [0.1, 0.15) is 11.5 Å². The molecule has 0 aliphatic rings. The largest absolute Gasteiger partial charge is 0.497 e. The van der Waals surface area contributed by atoms with Gasteiger partial charge in [0.25, 0.3) is 0 Å². The van der Waals surface area contributed by atoms with Crippen LogP contribution in [0.4, 0.5) is 0 Å². The van der Waals surface area contributed by atoms with Crippen molar-refractivity contribution >= 4 is 17.6 Å². The summed E-state index contributed by atoms with van der Waals surface area (Å²) in [4.78, 5) is 14.8. The van der Waals surface area contributed by atoms with Crippen molar-refractivity contribution in [2.45, 2.75) is 0 Å². The molecule has 1 aromatic heterocycles. The van der Waals surface area contributed by atoms with E-state index in [2.05, 4.69) is 4.98 Å². The third-order valence-electron chi connectivity index (χ3n) is 2.31. The molecule has 1 aromatic carbocycles. The van der Waals surface area contributed by atoms with Gasteiger partial charge in [-0.15, -0.1) is 11.3 Å². The molecule has 0 saturated heterocycles. The lowest BCUT2D eigenvalue weighted by molar-refractivity contribution is 0.112. The van der Waals surface area contributed by atoms with Crippen LogP contribution in [0.25, 0.3) is 11.3 Å². The minimum Gasteiger partial charge on any atom is -0.497 e. The molecule has 17 heavy (non-hydrogen) atoms. The highest BCUT2D eigenvalue weighted by Crippen LogP contribution is 2.33. The predicted octanol–water partition coefficient (Wildman–Crippen LogP) is 2.64. The molecule has 0 unspecified atom stereocenters. The van der Waals surface area contributed by atoms with Gasteiger partial charge in [0, 0.05) is 17.0 Å². The average molecular weight is 249 g/mol. The Bertz CT molecular complexity index is 536. The van der Waals surface area contributed by atoms with Crippen LogP contribution < -0.4 is 9.47 Å². The summed E-state index contributed by atoms with van der Waals surface area (Å²) in [6.07, 6.45) is 0.740. The third-order valence-corrected chi connectivity index (χ3v) is 3.08. The van der Waals surface area contributed by atoms with Crippen molar-refractivity contribution in [3.05, 3.63) is 28.6 Å². The summed E-state index contributed by atoms with van der Waals surface area (Å²) in [5.74, 6) is 1.39. The maximum Gasteiger partial charge on any atom is 0.178 e. The van der Waals surface area contributed by atoms with Gasteiger partial charge in [0.15, 0.2) is 11.3 Å². The third kappa shape index (κ3) is 2.29. The smallest absolute Gasteiger partial charge is 0.178 e. The van der Waals surface area contributed by atoms with Gasteiger partial charge in [-0.2, -0.15) is 0 Å². The van der Waals surface area contributed by atoms with Crippen molar-refractivity contribution in [3.63, 3.8) is 0 Å². The van der Waals surface area contributed by atoms with Gasteiger partial charge < -0.3 is 9.47 Å². The van der Waals surface area contributed by atoms with Crippen molar-refractivity contribution in [1.29, 1.82) is 0 Å². The van der Waals surface area contributed by atoms with E-state index in [9.17, 15) is 4.79 Å². The number of aldehydes is 1. The number of carbonyl (C=O) groups excluding carboxylic acids is 1. The van der Waals surface area contributed by atoms with E-state index >= 15 is 0 Å². The summed E-state index contributed by atoms with van der Waals surface area (Å²) in [5.41, 5.74) is 1.58. The molecule has 0 radical (unpaired) electrons. The Morgan fingerprint density at radius 1 is 1.29 bits per heavy atom. The van der Waals surface area contributed by atoms with Gasteiger partial charge in [-0.1, -0.05) is 0 Å². The van der Waals surface area contributed by atoms with Crippen LogP contribution in [-0.4, -0.2) is 25.5 Å². The molecule has 0 amide bonds. The first-order valence-electron chi connectivity index (χ1n) is 4.91. The Balaban J connectivity index is 2.46. The van der Waals surface area contributed by atoms with Crippen molar-refractivity contribution in [3.8, 4) is 22.8 Å². The van der Waals surface area contributed by atoms with Gasteiger partial charge in [-0.25, -0.2) is 4.98 Å². The standard InChI is InChI=1S/C12H11NO3S/c1-15-8-3-4-9(11(5-8)16-2)10-7-17-12(6-14)13-10/h3-7H,1-2H3. The van der Waals surface area contributed by atoms with Crippen molar-refractivity contribution in [2.75, 3.05) is 14.2 Å². The van der Waals surface area contributed by atoms with Gasteiger partial charge in [0.05, 0.1) is 19.9 Å². The Kier molecular flexibility index (Phi) is 3.39. The number of benzene rings is 1. The first-order valence-corrected chi connectivity index (χ1v) is 5.79. The van der Waals surface area contributed by atoms with Crippen LogP contribution in [0, 0.1) is 0 Å². The van der Waals surface area contributed by atoms with Gasteiger partial charge in [0.2, 0.25) is 0 Å². The van der Waals surface area contributed by atoms with Gasteiger partial charge in [-0.05, 0) is 12.1 Å². The van der Waals surface area contributed by atoms with E-state index < -0.39 is 0 Å². The summed E-state index contributed by atoms with van der Waals surface area (Å²) in [6.45, 7) is 0. The van der Waals surface area contributed by atoms with E-state index in [1.54, 1.807) is 20.3 Å². The Morgan fingerprint density at radius 2 is 2.12 bits per heavy atom. The molecule has 4 nitrogen and oxygen atoms in total. The minimum atomic E-state index is 0.456. The molecule has 0 N–H and O–H groups in total. The lowest BCUT2D eigenvalue weighted by Gasteiger charge is -2.08. The van der Waals surface area contributed by atoms with Crippen molar-refractivity contribution in [2.24, 2.45) is 0 Å². The van der Waals surface area contributed by atoms with Crippen LogP contribution in [0.1, 0.15) is 9.80 Å². The summed E-state index contributed by atoms with van der Waals surface area (Å²) in [7, 11) is 3.19. The summed E-state index contributed by atoms with van der Waals surface area (Å²) in [5, 5.41) is 2.28. The average Bonchev–Trinajstić information content (AvgIpc) is 2.86. The molecule has 1 heterocycles. The zero-order chi connectivity index (χ0) is 12.3. The van der Waals surface area contributed by atoms with E-state index in [1.807, 2.05) is 17.5 Å². The monoisotopic (exact) mass is 249 g/mol. The van der Waals surface area contributed by atoms with Gasteiger partial charge in [-0.3, -0.25) is 4.79 Å². The topological polar surface area (TPSA) is 48.4 Å². The predicted molar refractivity (Wildman–Crippen MR) is 66.0 cm³/mol. The number of rotatable bonds is 4. The van der Waals surface area contributed by atoms with Crippen molar-refractivity contribution < 1.29 is 14.3 Å². The Morgan fingerprint density at radius 3 is 2.71 bits per heavy atom. The second-order valence-electron chi connectivity index (χ2n) is 3.26. The molecule has 0 aliphatic carbocycles. The zero-order valence-corrected chi connectivity index (χ0v) is 10.3. The van der Waals surface area contributed by atoms with Crippen LogP contribution in [0.3, 0.4) is 0 Å². The second kappa shape index (κ2) is 4.97. The molecule has 0 saturated carbocycles. The summed E-state index contributed by atoms with van der Waals surface area (Å²) >= 11 is 1.31. The number of aromatic nitrogens is 1. The van der Waals surface area contributed by atoms with Crippen LogP contribution in [-0.2, 0) is 0 Å². The molecule has 0 bridgehead atoms. The number of ether oxygens (including phenoxy) is 2. The quantitative estimate of drug-likeness (QED) is 0.781. The Labute approximate surface area is 103 Å². The number of methoxy groups -OCH3 is 2. The number of nitrogens with zero attached hydrogens (tertiary/aromatic N) is 1. The van der Waals surface area contributed by atoms with Crippen LogP contribution in [0.5, 0.6) is 11.5 Å². The molecule has 2 rings (SSSR count). The normalized spacial score (nSPS) is 10.0. The lowest BCUT2D eigenvalue weighted by Crippen LogP contribution is -1.90. The van der Waals surface area contributed by atoms with E-state index in [0.29, 0.717) is 10.8 Å². The van der Waals surface area contributed by atoms with E-state index in [0.717, 1.165) is 23.3 Å². The zero-order valence-electron chi connectivity index (χ0n) is 9.47. The minimum absolute atomic E-state index is 0.456. The summed E-state index contributed by atoms with van der Waals surface area (Å²) < 4.78 is 10.4. The van der Waals surface area contributed by atoms with Crippen LogP contribution >= 0.6 is 11.3 Å². The fourth-order valence-electron chi connectivity index (χ4n) is 1.48. The van der Waals surface area contributed by atoms with E-state index in [4.69, 9.17) is 9.47 Å². The molecule has 88 valence electrons. The summed E-state index contributed by atoms with van der Waals surface area (Å²) in [6, 6.07) is 5.48. The van der Waals surface area contributed by atoms with E-state index in [-0.39, 0.29) is 0 Å². The first kappa shape index (κ1) is 11.6.